The fourth-order valence-electron chi connectivity index (χ4n) is 2.38. The highest BCUT2D eigenvalue weighted by atomic mass is 32.2. The summed E-state index contributed by atoms with van der Waals surface area (Å²) in [6.07, 6.45) is -0.671. The van der Waals surface area contributed by atoms with E-state index in [-0.39, 0.29) is 13.1 Å². The molecule has 0 unspecified atom stereocenters. The lowest BCUT2D eigenvalue weighted by atomic mass is 10.1. The fourth-order valence-corrected chi connectivity index (χ4v) is 3.90. The summed E-state index contributed by atoms with van der Waals surface area (Å²) >= 11 is 0. The number of halogens is 3. The molecule has 2 aromatic rings. The van der Waals surface area contributed by atoms with E-state index in [1.54, 1.807) is 0 Å². The van der Waals surface area contributed by atoms with Gasteiger partial charge in [-0.05, 0) is 18.6 Å². The third-order valence-corrected chi connectivity index (χ3v) is 5.33. The number of alkyl halides is 3. The summed E-state index contributed by atoms with van der Waals surface area (Å²) < 4.78 is 67.9. The van der Waals surface area contributed by atoms with Crippen molar-refractivity contribution in [3.8, 4) is 5.75 Å². The molecule has 1 aliphatic rings. The van der Waals surface area contributed by atoms with Gasteiger partial charge in [0.25, 0.3) is 0 Å². The standard InChI is InChI=1S/C14H11F3N3O3S/c15-14(16,17)23-12-3-1-2-4-13(12)24(21,22)20-6-5-10-7-18-9-19-11(10)8-20/h1-4,9H,5-6,8H2. The molecule has 0 saturated heterocycles. The van der Waals surface area contributed by atoms with Crippen LogP contribution in [-0.2, 0) is 23.0 Å². The van der Waals surface area contributed by atoms with Gasteiger partial charge in [0, 0.05) is 12.1 Å². The van der Waals surface area contributed by atoms with E-state index < -0.39 is 27.0 Å². The first-order chi connectivity index (χ1) is 11.3. The van der Waals surface area contributed by atoms with E-state index in [1.165, 1.54) is 18.5 Å². The lowest BCUT2D eigenvalue weighted by Crippen LogP contribution is -2.37. The Morgan fingerprint density at radius 2 is 2.00 bits per heavy atom. The second-order valence-electron chi connectivity index (χ2n) is 4.99. The SMILES string of the molecule is O=S(=O)(c1ccccc1OC(F)(F)F)N1CCc2[c]ncnc2C1. The van der Waals surface area contributed by atoms with Gasteiger partial charge in [0.15, 0.2) is 0 Å². The van der Waals surface area contributed by atoms with Crippen LogP contribution in [0.4, 0.5) is 13.2 Å². The summed E-state index contributed by atoms with van der Waals surface area (Å²) in [5, 5.41) is 0. The third kappa shape index (κ3) is 3.34. The molecule has 2 heterocycles. The Labute approximate surface area is 136 Å². The average Bonchev–Trinajstić information content (AvgIpc) is 2.53. The first kappa shape index (κ1) is 16.7. The van der Waals surface area contributed by atoms with E-state index >= 15 is 0 Å². The molecule has 0 amide bonds. The van der Waals surface area contributed by atoms with Crippen LogP contribution in [0.5, 0.6) is 5.75 Å². The van der Waals surface area contributed by atoms with Crippen molar-refractivity contribution in [2.75, 3.05) is 6.54 Å². The van der Waals surface area contributed by atoms with E-state index in [9.17, 15) is 21.6 Å². The van der Waals surface area contributed by atoms with Gasteiger partial charge in [0.2, 0.25) is 10.0 Å². The van der Waals surface area contributed by atoms with Crippen molar-refractivity contribution in [3.05, 3.63) is 48.0 Å². The van der Waals surface area contributed by atoms with Crippen LogP contribution in [0.1, 0.15) is 11.3 Å². The van der Waals surface area contributed by atoms with Gasteiger partial charge in [-0.15, -0.1) is 13.2 Å². The van der Waals surface area contributed by atoms with Crippen molar-refractivity contribution >= 4 is 10.0 Å². The number of hydrogen-bond acceptors (Lipinski definition) is 5. The lowest BCUT2D eigenvalue weighted by molar-refractivity contribution is -0.275. The molecule has 1 aromatic carbocycles. The van der Waals surface area contributed by atoms with Gasteiger partial charge in [-0.3, -0.25) is 0 Å². The normalized spacial score (nSPS) is 15.8. The third-order valence-electron chi connectivity index (χ3n) is 3.45. The molecule has 0 aliphatic carbocycles. The minimum atomic E-state index is -4.98. The molecular formula is C14H11F3N3O3S. The predicted molar refractivity (Wildman–Crippen MR) is 75.3 cm³/mol. The van der Waals surface area contributed by atoms with Crippen LogP contribution in [0, 0.1) is 6.20 Å². The zero-order valence-electron chi connectivity index (χ0n) is 12.1. The van der Waals surface area contributed by atoms with Crippen molar-refractivity contribution in [2.45, 2.75) is 24.2 Å². The summed E-state index contributed by atoms with van der Waals surface area (Å²) in [5.41, 5.74) is 1.18. The highest BCUT2D eigenvalue weighted by Crippen LogP contribution is 2.32. The van der Waals surface area contributed by atoms with Gasteiger partial charge < -0.3 is 4.74 Å². The van der Waals surface area contributed by atoms with Crippen LogP contribution < -0.4 is 4.74 Å². The first-order valence-corrected chi connectivity index (χ1v) is 8.27. The average molecular weight is 358 g/mol. The molecule has 1 aliphatic heterocycles. The molecule has 0 atom stereocenters. The number of sulfonamides is 1. The monoisotopic (exact) mass is 358 g/mol. The molecule has 1 radical (unpaired) electrons. The van der Waals surface area contributed by atoms with E-state index in [1.807, 2.05) is 0 Å². The van der Waals surface area contributed by atoms with Crippen LogP contribution in [-0.4, -0.2) is 35.6 Å². The topological polar surface area (TPSA) is 72.4 Å². The summed E-state index contributed by atoms with van der Waals surface area (Å²) in [4.78, 5) is 7.21. The van der Waals surface area contributed by atoms with Crippen molar-refractivity contribution < 1.29 is 26.3 Å². The fraction of sp³-hybridized carbons (Fsp3) is 0.286. The lowest BCUT2D eigenvalue weighted by Gasteiger charge is -2.27. The maximum absolute atomic E-state index is 12.7. The number of rotatable bonds is 3. The largest absolute Gasteiger partial charge is 0.573 e. The molecule has 0 N–H and O–H groups in total. The van der Waals surface area contributed by atoms with Gasteiger partial charge in [0.1, 0.15) is 17.0 Å². The molecule has 1 aromatic heterocycles. The number of aromatic nitrogens is 2. The zero-order chi connectivity index (χ0) is 17.4. The first-order valence-electron chi connectivity index (χ1n) is 6.83. The number of benzene rings is 1. The maximum atomic E-state index is 12.7. The van der Waals surface area contributed by atoms with Crippen LogP contribution in [0.3, 0.4) is 0 Å². The molecule has 10 heteroatoms. The van der Waals surface area contributed by atoms with Gasteiger partial charge in [-0.2, -0.15) is 4.31 Å². The summed E-state index contributed by atoms with van der Waals surface area (Å²) in [5.74, 6) is -0.759. The second kappa shape index (κ2) is 6.02. The van der Waals surface area contributed by atoms with E-state index in [0.717, 1.165) is 16.4 Å². The van der Waals surface area contributed by atoms with Gasteiger partial charge >= 0.3 is 6.36 Å². The number of hydrogen-bond donors (Lipinski definition) is 0. The molecular weight excluding hydrogens is 347 g/mol. The summed E-state index contributed by atoms with van der Waals surface area (Å²) in [7, 11) is -4.17. The summed E-state index contributed by atoms with van der Waals surface area (Å²) in [6, 6.07) is 4.66. The minimum Gasteiger partial charge on any atom is -0.404 e. The molecule has 0 bridgehead atoms. The second-order valence-corrected chi connectivity index (χ2v) is 6.90. The predicted octanol–water partition coefficient (Wildman–Crippen LogP) is 1.92. The molecule has 0 saturated carbocycles. The Morgan fingerprint density at radius 1 is 1.25 bits per heavy atom. The molecule has 127 valence electrons. The van der Waals surface area contributed by atoms with Crippen LogP contribution in [0.25, 0.3) is 0 Å². The maximum Gasteiger partial charge on any atom is 0.573 e. The molecule has 0 spiro atoms. The van der Waals surface area contributed by atoms with Crippen molar-refractivity contribution in [3.63, 3.8) is 0 Å². The van der Waals surface area contributed by atoms with E-state index in [0.29, 0.717) is 17.7 Å². The summed E-state index contributed by atoms with van der Waals surface area (Å²) in [6.45, 7) is 0.0383. The Balaban J connectivity index is 1.95. The van der Waals surface area contributed by atoms with Gasteiger partial charge in [-0.25, -0.2) is 18.4 Å². The smallest absolute Gasteiger partial charge is 0.404 e. The Hall–Kier alpha value is -2.20. The Bertz CT molecular complexity index is 856. The Kier molecular flexibility index (Phi) is 4.18. The van der Waals surface area contributed by atoms with Crippen LogP contribution >= 0.6 is 0 Å². The highest BCUT2D eigenvalue weighted by molar-refractivity contribution is 7.89. The molecule has 24 heavy (non-hydrogen) atoms. The van der Waals surface area contributed by atoms with Crippen LogP contribution in [0.15, 0.2) is 35.5 Å². The number of para-hydroxylation sites is 1. The number of fused-ring (bicyclic) bond motifs is 1. The van der Waals surface area contributed by atoms with E-state index in [4.69, 9.17) is 0 Å². The number of ether oxygens (including phenoxy) is 1. The highest BCUT2D eigenvalue weighted by Gasteiger charge is 2.36. The molecule has 3 rings (SSSR count). The quantitative estimate of drug-likeness (QED) is 0.838. The molecule has 0 fully saturated rings. The van der Waals surface area contributed by atoms with Gasteiger partial charge in [-0.1, -0.05) is 12.1 Å². The van der Waals surface area contributed by atoms with E-state index in [2.05, 4.69) is 20.9 Å². The van der Waals surface area contributed by atoms with Crippen molar-refractivity contribution in [2.24, 2.45) is 0 Å². The van der Waals surface area contributed by atoms with Gasteiger partial charge in [0.05, 0.1) is 18.4 Å². The Morgan fingerprint density at radius 3 is 2.75 bits per heavy atom. The van der Waals surface area contributed by atoms with Crippen molar-refractivity contribution in [1.29, 1.82) is 0 Å². The van der Waals surface area contributed by atoms with Crippen molar-refractivity contribution in [1.82, 2.24) is 14.3 Å². The van der Waals surface area contributed by atoms with Crippen LogP contribution in [0.2, 0.25) is 0 Å². The zero-order valence-corrected chi connectivity index (χ0v) is 12.9. The molecule has 6 nitrogen and oxygen atoms in total. The number of nitrogens with zero attached hydrogens (tertiary/aromatic N) is 3. The minimum absolute atomic E-state index is 0.0585.